The molecule has 0 saturated carbocycles. The minimum atomic E-state index is -3.41. The van der Waals surface area contributed by atoms with Gasteiger partial charge in [-0.3, -0.25) is 0 Å². The summed E-state index contributed by atoms with van der Waals surface area (Å²) in [5.41, 5.74) is 5.60. The van der Waals surface area contributed by atoms with Crippen molar-refractivity contribution in [2.24, 2.45) is 0 Å². The van der Waals surface area contributed by atoms with E-state index in [4.69, 9.17) is 0 Å². The van der Waals surface area contributed by atoms with Crippen molar-refractivity contribution in [3.8, 4) is 0 Å². The van der Waals surface area contributed by atoms with Gasteiger partial charge < -0.3 is 0 Å². The van der Waals surface area contributed by atoms with Gasteiger partial charge in [-0.2, -0.15) is 4.31 Å². The Bertz CT molecular complexity index is 1240. The van der Waals surface area contributed by atoms with E-state index >= 15 is 0 Å². The molecule has 2 aliphatic heterocycles. The Morgan fingerprint density at radius 1 is 0.806 bits per heavy atom. The predicted molar refractivity (Wildman–Crippen MR) is 127 cm³/mol. The number of rotatable bonds is 4. The van der Waals surface area contributed by atoms with Gasteiger partial charge in [-0.1, -0.05) is 61.2 Å². The molecule has 0 N–H and O–H groups in total. The third kappa shape index (κ3) is 3.98. The van der Waals surface area contributed by atoms with Crippen molar-refractivity contribution >= 4 is 27.4 Å². The van der Waals surface area contributed by atoms with E-state index in [0.717, 1.165) is 42.4 Å². The molecule has 5 rings (SSSR count). The minimum Gasteiger partial charge on any atom is -0.207 e. The topological polar surface area (TPSA) is 37.4 Å². The standard InChI is InChI=1S/C26H25NO2S2/c1-19(20-9-12-24(13-10-20)31(28,29)27-15-5-2-6-16-27)21-11-14-26-23(17-21)18-22-7-3-4-8-25(22)30-26/h3-4,7-14,17H,1-2,5-6,15-16,18H2. The largest absolute Gasteiger partial charge is 0.243 e. The van der Waals surface area contributed by atoms with Crippen LogP contribution in [0.25, 0.3) is 5.57 Å². The predicted octanol–water partition coefficient (Wildman–Crippen LogP) is 5.98. The average molecular weight is 448 g/mol. The lowest BCUT2D eigenvalue weighted by molar-refractivity contribution is 0.346. The summed E-state index contributed by atoms with van der Waals surface area (Å²) in [5.74, 6) is 0. The zero-order valence-corrected chi connectivity index (χ0v) is 19.0. The second kappa shape index (κ2) is 8.30. The molecule has 0 radical (unpaired) electrons. The van der Waals surface area contributed by atoms with Crippen LogP contribution in [-0.2, 0) is 16.4 Å². The van der Waals surface area contributed by atoms with Crippen LogP contribution in [-0.4, -0.2) is 25.8 Å². The van der Waals surface area contributed by atoms with Crippen LogP contribution >= 0.6 is 11.8 Å². The summed E-state index contributed by atoms with van der Waals surface area (Å²) in [6.45, 7) is 5.54. The van der Waals surface area contributed by atoms with Crippen LogP contribution in [0.2, 0.25) is 0 Å². The van der Waals surface area contributed by atoms with Crippen molar-refractivity contribution in [3.05, 3.63) is 95.6 Å². The number of hydrogen-bond donors (Lipinski definition) is 0. The Hall–Kier alpha value is -2.34. The van der Waals surface area contributed by atoms with Crippen LogP contribution in [0, 0.1) is 0 Å². The Morgan fingerprint density at radius 3 is 2.26 bits per heavy atom. The van der Waals surface area contributed by atoms with Gasteiger partial charge in [0.25, 0.3) is 0 Å². The fourth-order valence-electron chi connectivity index (χ4n) is 4.33. The lowest BCUT2D eigenvalue weighted by Crippen LogP contribution is -2.35. The second-order valence-corrected chi connectivity index (χ2v) is 11.2. The molecule has 0 aliphatic carbocycles. The molecule has 0 aromatic heterocycles. The van der Waals surface area contributed by atoms with Gasteiger partial charge in [-0.25, -0.2) is 8.42 Å². The Labute approximate surface area is 188 Å². The van der Waals surface area contributed by atoms with Crippen LogP contribution in [0.15, 0.2) is 88.0 Å². The number of sulfonamides is 1. The smallest absolute Gasteiger partial charge is 0.207 e. The van der Waals surface area contributed by atoms with Crippen LogP contribution < -0.4 is 0 Å². The second-order valence-electron chi connectivity index (χ2n) is 8.18. The summed E-state index contributed by atoms with van der Waals surface area (Å²) in [4.78, 5) is 2.98. The van der Waals surface area contributed by atoms with Gasteiger partial charge in [-0.05, 0) is 77.4 Å². The van der Waals surface area contributed by atoms with Crippen LogP contribution in [0.3, 0.4) is 0 Å². The fraction of sp³-hybridized carbons (Fsp3) is 0.231. The Balaban J connectivity index is 1.38. The molecule has 0 spiro atoms. The third-order valence-electron chi connectivity index (χ3n) is 6.14. The first-order chi connectivity index (χ1) is 15.0. The lowest BCUT2D eigenvalue weighted by Gasteiger charge is -2.26. The summed E-state index contributed by atoms with van der Waals surface area (Å²) < 4.78 is 27.4. The molecule has 3 nitrogen and oxygen atoms in total. The van der Waals surface area contributed by atoms with E-state index in [0.29, 0.717) is 18.0 Å². The lowest BCUT2D eigenvalue weighted by atomic mass is 9.95. The molecule has 2 aliphatic rings. The van der Waals surface area contributed by atoms with Gasteiger partial charge >= 0.3 is 0 Å². The van der Waals surface area contributed by atoms with E-state index in [2.05, 4.69) is 49.0 Å². The van der Waals surface area contributed by atoms with Gasteiger partial charge in [-0.15, -0.1) is 0 Å². The molecule has 3 aromatic carbocycles. The van der Waals surface area contributed by atoms with E-state index < -0.39 is 10.0 Å². The van der Waals surface area contributed by atoms with Gasteiger partial charge in [0.1, 0.15) is 0 Å². The van der Waals surface area contributed by atoms with E-state index in [9.17, 15) is 8.42 Å². The first-order valence-corrected chi connectivity index (χ1v) is 13.0. The van der Waals surface area contributed by atoms with Crippen LogP contribution in [0.5, 0.6) is 0 Å². The monoisotopic (exact) mass is 447 g/mol. The van der Waals surface area contributed by atoms with Crippen molar-refractivity contribution < 1.29 is 8.42 Å². The van der Waals surface area contributed by atoms with Crippen LogP contribution in [0.1, 0.15) is 41.5 Å². The summed E-state index contributed by atoms with van der Waals surface area (Å²) >= 11 is 1.82. The van der Waals surface area contributed by atoms with Crippen molar-refractivity contribution in [2.75, 3.05) is 13.1 Å². The third-order valence-corrected chi connectivity index (χ3v) is 9.29. The summed E-state index contributed by atoms with van der Waals surface area (Å²) in [6, 6.07) is 22.2. The van der Waals surface area contributed by atoms with Gasteiger partial charge in [0.2, 0.25) is 10.0 Å². The molecular formula is C26H25NO2S2. The summed E-state index contributed by atoms with van der Waals surface area (Å²) in [5, 5.41) is 0. The molecule has 158 valence electrons. The highest BCUT2D eigenvalue weighted by atomic mass is 32.2. The number of fused-ring (bicyclic) bond motifs is 2. The van der Waals surface area contributed by atoms with Gasteiger partial charge in [0.05, 0.1) is 4.90 Å². The van der Waals surface area contributed by atoms with Gasteiger partial charge in [0.15, 0.2) is 0 Å². The highest BCUT2D eigenvalue weighted by Crippen LogP contribution is 2.40. The maximum atomic E-state index is 12.9. The molecule has 0 amide bonds. The van der Waals surface area contributed by atoms with Crippen molar-refractivity contribution in [2.45, 2.75) is 40.4 Å². The highest BCUT2D eigenvalue weighted by molar-refractivity contribution is 7.99. The molecule has 1 saturated heterocycles. The Morgan fingerprint density at radius 2 is 1.48 bits per heavy atom. The molecule has 5 heteroatoms. The molecule has 0 unspecified atom stereocenters. The van der Waals surface area contributed by atoms with Crippen LogP contribution in [0.4, 0.5) is 0 Å². The first-order valence-electron chi connectivity index (χ1n) is 10.7. The van der Waals surface area contributed by atoms with Gasteiger partial charge in [0, 0.05) is 22.9 Å². The number of piperidine rings is 1. The highest BCUT2D eigenvalue weighted by Gasteiger charge is 2.25. The number of nitrogens with zero attached hydrogens (tertiary/aromatic N) is 1. The van der Waals surface area contributed by atoms with E-state index in [-0.39, 0.29) is 0 Å². The molecule has 0 bridgehead atoms. The molecule has 2 heterocycles. The zero-order valence-electron chi connectivity index (χ0n) is 17.4. The molecule has 1 fully saturated rings. The zero-order chi connectivity index (χ0) is 21.4. The van der Waals surface area contributed by atoms with E-state index in [1.807, 2.05) is 23.9 Å². The van der Waals surface area contributed by atoms with E-state index in [1.54, 1.807) is 16.4 Å². The van der Waals surface area contributed by atoms with Crippen molar-refractivity contribution in [1.29, 1.82) is 0 Å². The van der Waals surface area contributed by atoms with E-state index in [1.165, 1.54) is 20.9 Å². The molecular weight excluding hydrogens is 422 g/mol. The van der Waals surface area contributed by atoms with Crippen molar-refractivity contribution in [1.82, 2.24) is 4.31 Å². The molecule has 31 heavy (non-hydrogen) atoms. The molecule has 3 aromatic rings. The number of benzene rings is 3. The van der Waals surface area contributed by atoms with Crippen molar-refractivity contribution in [3.63, 3.8) is 0 Å². The Kier molecular flexibility index (Phi) is 5.51. The summed E-state index contributed by atoms with van der Waals surface area (Å²) in [7, 11) is -3.41. The molecule has 0 atom stereocenters. The fourth-order valence-corrected chi connectivity index (χ4v) is 6.90. The average Bonchev–Trinajstić information content (AvgIpc) is 2.82. The maximum absolute atomic E-state index is 12.9. The quantitative estimate of drug-likeness (QED) is 0.386. The SMILES string of the molecule is C=C(c1ccc(S(=O)(=O)N2CCCCC2)cc1)c1ccc2c(c1)Cc1ccccc1S2. The summed E-state index contributed by atoms with van der Waals surface area (Å²) in [6.07, 6.45) is 3.91. The number of hydrogen-bond acceptors (Lipinski definition) is 3. The minimum absolute atomic E-state index is 0.365. The normalized spacial score (nSPS) is 16.4. The first kappa shape index (κ1) is 20.6. The maximum Gasteiger partial charge on any atom is 0.243 e.